The van der Waals surface area contributed by atoms with Gasteiger partial charge in [-0.2, -0.15) is 0 Å². The molecule has 0 N–H and O–H groups in total. The summed E-state index contributed by atoms with van der Waals surface area (Å²) in [6.07, 6.45) is 0. The lowest BCUT2D eigenvalue weighted by molar-refractivity contribution is -0.143. The second-order valence-corrected chi connectivity index (χ2v) is 7.85. The molecule has 148 valence electrons. The van der Waals surface area contributed by atoms with Crippen molar-refractivity contribution in [2.45, 2.75) is 33.4 Å². The highest BCUT2D eigenvalue weighted by atomic mass is 19.1. The third kappa shape index (κ3) is 3.86. The first kappa shape index (κ1) is 19.9. The van der Waals surface area contributed by atoms with E-state index >= 15 is 0 Å². The molecule has 0 saturated carbocycles. The molecule has 2 aromatic carbocycles. The number of nitrogens with zero attached hydrogens (tertiary/aromatic N) is 1. The largest absolute Gasteiger partial charge is 0.491 e. The molecule has 1 aliphatic heterocycles. The summed E-state index contributed by atoms with van der Waals surface area (Å²) in [6.45, 7) is 5.71. The zero-order valence-corrected chi connectivity index (χ0v) is 16.5. The Morgan fingerprint density at radius 1 is 1.18 bits per heavy atom. The summed E-state index contributed by atoms with van der Waals surface area (Å²) in [4.78, 5) is 26.6. The maximum Gasteiger partial charge on any atom is 0.338 e. The number of carbonyl (C=O) groups is 2. The van der Waals surface area contributed by atoms with Crippen LogP contribution in [0, 0.1) is 11.2 Å². The van der Waals surface area contributed by atoms with Gasteiger partial charge in [0.1, 0.15) is 18.2 Å². The van der Waals surface area contributed by atoms with Gasteiger partial charge in [0.05, 0.1) is 25.3 Å². The highest BCUT2D eigenvalue weighted by Crippen LogP contribution is 2.36. The normalized spacial score (nSPS) is 16.6. The number of hydrogen-bond donors (Lipinski definition) is 0. The Kier molecular flexibility index (Phi) is 5.40. The number of hydrogen-bond acceptors (Lipinski definition) is 4. The number of ether oxygens (including phenoxy) is 2. The topological polar surface area (TPSA) is 55.8 Å². The molecule has 6 heteroatoms. The van der Waals surface area contributed by atoms with Crippen molar-refractivity contribution in [2.75, 3.05) is 13.7 Å². The Labute approximate surface area is 164 Å². The van der Waals surface area contributed by atoms with Crippen LogP contribution in [0.2, 0.25) is 0 Å². The highest BCUT2D eigenvalue weighted by molar-refractivity contribution is 5.90. The molecule has 0 bridgehead atoms. The number of amides is 1. The average Bonchev–Trinajstić information content (AvgIpc) is 2.86. The van der Waals surface area contributed by atoms with Crippen LogP contribution in [0.5, 0.6) is 5.75 Å². The lowest BCUT2D eigenvalue weighted by Crippen LogP contribution is -2.42. The molecule has 5 nitrogen and oxygen atoms in total. The quantitative estimate of drug-likeness (QED) is 0.730. The minimum absolute atomic E-state index is 0.0539. The van der Waals surface area contributed by atoms with Crippen LogP contribution < -0.4 is 4.74 Å². The predicted octanol–water partition coefficient (Wildman–Crippen LogP) is 4.12. The Morgan fingerprint density at radius 3 is 2.46 bits per heavy atom. The molecule has 1 heterocycles. The van der Waals surface area contributed by atoms with E-state index < -0.39 is 17.2 Å². The van der Waals surface area contributed by atoms with Crippen LogP contribution in [0.25, 0.3) is 0 Å². The number of methoxy groups -OCH3 is 1. The molecule has 0 spiro atoms. The van der Waals surface area contributed by atoms with Gasteiger partial charge in [0.2, 0.25) is 5.91 Å². The first-order valence-electron chi connectivity index (χ1n) is 9.12. The zero-order valence-electron chi connectivity index (χ0n) is 16.5. The summed E-state index contributed by atoms with van der Waals surface area (Å²) in [5, 5.41) is 0. The van der Waals surface area contributed by atoms with Crippen molar-refractivity contribution in [1.29, 1.82) is 0 Å². The molecular formula is C22H24FNO4. The van der Waals surface area contributed by atoms with Crippen molar-refractivity contribution < 1.29 is 23.5 Å². The third-order valence-electron chi connectivity index (χ3n) is 4.76. The second-order valence-electron chi connectivity index (χ2n) is 7.85. The number of rotatable bonds is 2. The molecule has 0 radical (unpaired) electrons. The van der Waals surface area contributed by atoms with Gasteiger partial charge in [-0.05, 0) is 17.7 Å². The van der Waals surface area contributed by atoms with E-state index in [2.05, 4.69) is 4.74 Å². The fourth-order valence-electron chi connectivity index (χ4n) is 3.26. The van der Waals surface area contributed by atoms with Crippen molar-refractivity contribution in [3.05, 3.63) is 65.0 Å². The smallest absolute Gasteiger partial charge is 0.338 e. The van der Waals surface area contributed by atoms with Gasteiger partial charge >= 0.3 is 5.97 Å². The van der Waals surface area contributed by atoms with Crippen LogP contribution >= 0.6 is 0 Å². The molecule has 1 amide bonds. The number of carbonyl (C=O) groups excluding carboxylic acids is 2. The Hall–Kier alpha value is -2.89. The molecule has 0 saturated heterocycles. The Morgan fingerprint density at radius 2 is 1.86 bits per heavy atom. The molecule has 1 atom stereocenters. The van der Waals surface area contributed by atoms with E-state index in [0.717, 1.165) is 11.6 Å². The van der Waals surface area contributed by atoms with Crippen LogP contribution in [-0.2, 0) is 16.1 Å². The molecule has 2 aromatic rings. The first-order chi connectivity index (χ1) is 13.2. The Bertz CT molecular complexity index is 889. The average molecular weight is 385 g/mol. The number of halogens is 1. The third-order valence-corrected chi connectivity index (χ3v) is 4.76. The van der Waals surface area contributed by atoms with E-state index in [0.29, 0.717) is 0 Å². The van der Waals surface area contributed by atoms with Crippen molar-refractivity contribution in [3.8, 4) is 5.75 Å². The summed E-state index contributed by atoms with van der Waals surface area (Å²) in [6, 6.07) is 11.7. The molecule has 28 heavy (non-hydrogen) atoms. The Balaban J connectivity index is 2.07. The van der Waals surface area contributed by atoms with Crippen LogP contribution in [0.3, 0.4) is 0 Å². The van der Waals surface area contributed by atoms with E-state index in [-0.39, 0.29) is 42.0 Å². The molecule has 0 unspecified atom stereocenters. The molecule has 1 aliphatic rings. The number of fused-ring (bicyclic) bond motifs is 1. The van der Waals surface area contributed by atoms with E-state index in [4.69, 9.17) is 4.74 Å². The zero-order chi connectivity index (χ0) is 20.5. The maximum atomic E-state index is 14.8. The molecule has 3 rings (SSSR count). The summed E-state index contributed by atoms with van der Waals surface area (Å²) < 4.78 is 25.4. The van der Waals surface area contributed by atoms with Gasteiger partial charge in [0, 0.05) is 11.0 Å². The van der Waals surface area contributed by atoms with Crippen LogP contribution in [0.4, 0.5) is 4.39 Å². The van der Waals surface area contributed by atoms with Crippen molar-refractivity contribution >= 4 is 11.9 Å². The lowest BCUT2D eigenvalue weighted by atomic mass is 9.92. The number of esters is 1. The van der Waals surface area contributed by atoms with Crippen LogP contribution in [0.15, 0.2) is 42.5 Å². The fraction of sp³-hybridized carbons (Fsp3) is 0.364. The van der Waals surface area contributed by atoms with Gasteiger partial charge in [-0.25, -0.2) is 9.18 Å². The minimum Gasteiger partial charge on any atom is -0.491 e. The number of benzene rings is 2. The monoisotopic (exact) mass is 385 g/mol. The van der Waals surface area contributed by atoms with Gasteiger partial charge < -0.3 is 14.4 Å². The van der Waals surface area contributed by atoms with E-state index in [1.54, 1.807) is 4.90 Å². The van der Waals surface area contributed by atoms with Crippen molar-refractivity contribution in [3.63, 3.8) is 0 Å². The van der Waals surface area contributed by atoms with Gasteiger partial charge in [0.25, 0.3) is 0 Å². The lowest BCUT2D eigenvalue weighted by Gasteiger charge is -2.34. The minimum atomic E-state index is -0.642. The SMILES string of the molecule is COC(=O)c1cc(F)c2c(c1)OC[C@H](c1ccccc1)N(C(=O)C(C)(C)C)C2. The molecule has 0 fully saturated rings. The summed E-state index contributed by atoms with van der Waals surface area (Å²) in [5.41, 5.74) is 0.593. The summed E-state index contributed by atoms with van der Waals surface area (Å²) >= 11 is 0. The van der Waals surface area contributed by atoms with Gasteiger partial charge in [0.15, 0.2) is 0 Å². The van der Waals surface area contributed by atoms with Crippen molar-refractivity contribution in [2.24, 2.45) is 5.41 Å². The van der Waals surface area contributed by atoms with Crippen LogP contribution in [-0.4, -0.2) is 30.5 Å². The second kappa shape index (κ2) is 7.62. The maximum absolute atomic E-state index is 14.8. The predicted molar refractivity (Wildman–Crippen MR) is 102 cm³/mol. The van der Waals surface area contributed by atoms with Gasteiger partial charge in [-0.1, -0.05) is 51.1 Å². The summed E-state index contributed by atoms with van der Waals surface area (Å²) in [7, 11) is 1.24. The molecular weight excluding hydrogens is 361 g/mol. The first-order valence-corrected chi connectivity index (χ1v) is 9.12. The summed E-state index contributed by atoms with van der Waals surface area (Å²) in [5.74, 6) is -1.09. The van der Waals surface area contributed by atoms with E-state index in [1.807, 2.05) is 51.1 Å². The molecule has 0 aliphatic carbocycles. The van der Waals surface area contributed by atoms with Gasteiger partial charge in [-0.3, -0.25) is 4.79 Å². The van der Waals surface area contributed by atoms with Gasteiger partial charge in [-0.15, -0.1) is 0 Å². The standard InChI is InChI=1S/C22H24FNO4/c1-22(2,3)21(26)24-12-16-17(23)10-15(20(25)27-4)11-19(16)28-13-18(24)14-8-6-5-7-9-14/h5-11,18H,12-13H2,1-4H3/t18-/m1/s1. The van der Waals surface area contributed by atoms with E-state index in [1.165, 1.54) is 13.2 Å². The van der Waals surface area contributed by atoms with E-state index in [9.17, 15) is 14.0 Å². The highest BCUT2D eigenvalue weighted by Gasteiger charge is 2.36. The fourth-order valence-corrected chi connectivity index (χ4v) is 3.26. The molecule has 0 aromatic heterocycles. The van der Waals surface area contributed by atoms with Crippen LogP contribution in [0.1, 0.15) is 48.3 Å². The van der Waals surface area contributed by atoms with Crippen molar-refractivity contribution in [1.82, 2.24) is 4.90 Å².